The number of guanidine groups is 1. The summed E-state index contributed by atoms with van der Waals surface area (Å²) in [6.45, 7) is 11.4. The molecule has 1 rings (SSSR count). The largest absolute Gasteiger partial charge is 0.508 e. The lowest BCUT2D eigenvalue weighted by molar-refractivity contribution is -0.140. The molecule has 0 aliphatic rings. The molecule has 0 saturated carbocycles. The average Bonchev–Trinajstić information content (AvgIpc) is 0.478. The van der Waals surface area contributed by atoms with Crippen molar-refractivity contribution in [2.24, 2.45) is 69.4 Å². The van der Waals surface area contributed by atoms with Gasteiger partial charge in [0.1, 0.15) is 29.7 Å². The number of hydrogen-bond donors (Lipinski definition) is 17. The van der Waals surface area contributed by atoms with Crippen LogP contribution in [0.3, 0.4) is 0 Å². The number of phenols is 1. The van der Waals surface area contributed by atoms with Gasteiger partial charge in [0.25, 0.3) is 0 Å². The Balaban J connectivity index is 0.00000224. The first-order valence-electron chi connectivity index (χ1n) is 37.6. The summed E-state index contributed by atoms with van der Waals surface area (Å²) < 4.78 is 0. The smallest absolute Gasteiger partial charge is 0.303 e. The van der Waals surface area contributed by atoms with Crippen molar-refractivity contribution >= 4 is 88.1 Å². The van der Waals surface area contributed by atoms with Crippen LogP contribution in [0.5, 0.6) is 5.75 Å². The van der Waals surface area contributed by atoms with E-state index in [2.05, 4.69) is 43.8 Å². The molecule has 21 N–H and O–H groups in total. The molecular formula is C75H127N11O21. The number of rotatable bonds is 59. The third-order valence-electron chi connectivity index (χ3n) is 18.9. The molecule has 0 radical (unpaired) electrons. The highest BCUT2D eigenvalue weighted by Gasteiger charge is 2.39. The van der Waals surface area contributed by atoms with Crippen LogP contribution in [0, 0.1) is 41.4 Å². The Bertz CT molecular complexity index is 2980. The molecule has 8 amide bonds. The Morgan fingerprint density at radius 1 is 0.467 bits per heavy atom. The second-order valence-electron chi connectivity index (χ2n) is 28.2. The number of ketones is 5. The van der Waals surface area contributed by atoms with Gasteiger partial charge in [0.2, 0.25) is 47.3 Å². The first-order valence-corrected chi connectivity index (χ1v) is 37.6. The number of aliphatic hydroxyl groups excluding tert-OH is 5. The number of carbonyl (C=O) groups excluding carboxylic acids is 13. The Morgan fingerprint density at radius 3 is 1.41 bits per heavy atom. The van der Waals surface area contributed by atoms with Crippen molar-refractivity contribution in [2.45, 2.75) is 277 Å². The maximum Gasteiger partial charge on any atom is 0.303 e. The summed E-state index contributed by atoms with van der Waals surface area (Å²) in [5.74, 6) is -17.6. The Hall–Kier alpha value is -8.33. The normalized spacial score (nSPS) is 15.4. The van der Waals surface area contributed by atoms with Crippen LogP contribution in [-0.4, -0.2) is 199 Å². The monoisotopic (exact) mass is 1520 g/mol. The number of aromatic hydroxyl groups is 1. The number of amides is 8. The molecule has 32 nitrogen and oxygen atoms in total. The van der Waals surface area contributed by atoms with Gasteiger partial charge in [-0.3, -0.25) is 72.1 Å². The van der Waals surface area contributed by atoms with E-state index in [1.165, 1.54) is 124 Å². The summed E-state index contributed by atoms with van der Waals surface area (Å²) >= 11 is 0. The molecule has 608 valence electrons. The zero-order chi connectivity index (χ0) is 81.5. The molecule has 0 bridgehead atoms. The number of nitrogens with two attached hydrogens (primary N) is 4. The van der Waals surface area contributed by atoms with Gasteiger partial charge in [-0.15, -0.1) is 0 Å². The molecule has 0 fully saturated rings. The summed E-state index contributed by atoms with van der Waals surface area (Å²) in [4.78, 5) is 184. The van der Waals surface area contributed by atoms with E-state index in [0.717, 1.165) is 25.7 Å². The summed E-state index contributed by atoms with van der Waals surface area (Å²) in [6.07, 6.45) is 8.81. The highest BCUT2D eigenvalue weighted by atomic mass is 16.4. The lowest BCUT2D eigenvalue weighted by Gasteiger charge is -2.29. The molecule has 0 saturated heterocycles. The minimum absolute atomic E-state index is 0.0548. The zero-order valence-corrected chi connectivity index (χ0v) is 64.3. The Kier molecular flexibility index (Phi) is 50.8. The van der Waals surface area contributed by atoms with Crippen LogP contribution >= 0.6 is 0 Å². The average molecular weight is 1520 g/mol. The van der Waals surface area contributed by atoms with Crippen molar-refractivity contribution in [2.75, 3.05) is 26.8 Å². The standard InChI is InChI=1S/C42H66N8O13.C33H61N3O8/c1-5-22(2)29(20-34(56)37(24(4)52)50-39(61)26(10-15-36(58)59)18-32(54)23(3)21-51)41(63)48-30(13-14-35(43)57)33(55)19-27(17-25-8-11-28(53)12-9-25)40(62)49-31(38(44)60)7-6-16-47-42(45)46;1-6-7-8-9-10-11-12-13-14-15-16-17-18-19-30(42)35-23(2)28(40)20-26(22-37)32(43)36-31(25(4)39)29(41)21-27(24(3)38)33(44)34-5/h8-9,11-12,22-24,26-27,29-31,37,51-53H,5-7,10,13-21H2,1-4H3,(H2,43,57)(H2,44,60)(H,48,63)(H,49,62)(H,50,61)(H,58,59)(H4,45,46,47);23-27,31,37-39H,6-22H2,1-5H3,(H,34,44)(H,35,42)(H,36,43)/t22-,23-,24+,26+,27+,29-,30-,31-,37-;23-,24+,25+,26-,27-,31-/m00/s1. The van der Waals surface area contributed by atoms with Crippen LogP contribution in [0.15, 0.2) is 29.3 Å². The number of aliphatic carboxylic acids is 1. The number of nitrogens with one attached hydrogen (secondary N) is 6. The molecule has 0 aliphatic heterocycles. The summed E-state index contributed by atoms with van der Waals surface area (Å²) in [5.41, 5.74) is 22.2. The number of benzene rings is 1. The first kappa shape index (κ1) is 98.7. The lowest BCUT2D eigenvalue weighted by atomic mass is 9.83. The third kappa shape index (κ3) is 42.1. The quantitative estimate of drug-likeness (QED) is 0.0252. The molecule has 0 spiro atoms. The molecule has 15 atom stereocenters. The van der Waals surface area contributed by atoms with E-state index in [4.69, 9.17) is 22.9 Å². The van der Waals surface area contributed by atoms with Gasteiger partial charge in [0.15, 0.2) is 29.1 Å². The minimum Gasteiger partial charge on any atom is -0.508 e. The second kappa shape index (κ2) is 55.1. The van der Waals surface area contributed by atoms with Gasteiger partial charge in [-0.05, 0) is 89.8 Å². The van der Waals surface area contributed by atoms with E-state index in [1.54, 1.807) is 13.8 Å². The molecule has 1 aromatic rings. The van der Waals surface area contributed by atoms with E-state index in [1.807, 2.05) is 0 Å². The topological polar surface area (TPSA) is 569 Å². The van der Waals surface area contributed by atoms with E-state index >= 15 is 0 Å². The van der Waals surface area contributed by atoms with Gasteiger partial charge in [-0.1, -0.05) is 123 Å². The fourth-order valence-corrected chi connectivity index (χ4v) is 11.7. The number of nitrogens with zero attached hydrogens (tertiary/aromatic N) is 1. The van der Waals surface area contributed by atoms with Gasteiger partial charge < -0.3 is 90.6 Å². The highest BCUT2D eigenvalue weighted by molar-refractivity contribution is 5.98. The van der Waals surface area contributed by atoms with Crippen LogP contribution < -0.4 is 54.8 Å². The predicted molar refractivity (Wildman–Crippen MR) is 399 cm³/mol. The fraction of sp³-hybridized carbons (Fsp3) is 0.720. The number of carbonyl (C=O) groups is 14. The molecule has 107 heavy (non-hydrogen) atoms. The van der Waals surface area contributed by atoms with E-state index in [9.17, 15) is 103 Å². The minimum atomic E-state index is -1.60. The van der Waals surface area contributed by atoms with Gasteiger partial charge in [-0.25, -0.2) is 0 Å². The molecule has 0 aliphatic carbocycles. The Labute approximate surface area is 629 Å². The summed E-state index contributed by atoms with van der Waals surface area (Å²) in [5, 5.41) is 83.8. The zero-order valence-electron chi connectivity index (χ0n) is 64.3. The number of phenolic OH excluding ortho intramolecular Hbond substituents is 1. The maximum atomic E-state index is 14.1. The third-order valence-corrected chi connectivity index (χ3v) is 18.9. The van der Waals surface area contributed by atoms with Crippen molar-refractivity contribution in [1.29, 1.82) is 0 Å². The summed E-state index contributed by atoms with van der Waals surface area (Å²) in [7, 11) is 1.36. The number of Topliss-reactive ketones (excluding diaryl/α,β-unsaturated/α-hetero) is 5. The van der Waals surface area contributed by atoms with Crippen molar-refractivity contribution in [1.82, 2.24) is 31.9 Å². The fourth-order valence-electron chi connectivity index (χ4n) is 11.7. The van der Waals surface area contributed by atoms with Gasteiger partial charge in [-0.2, -0.15) is 0 Å². The van der Waals surface area contributed by atoms with E-state index < -0.39 is 212 Å². The van der Waals surface area contributed by atoms with Crippen molar-refractivity contribution in [3.63, 3.8) is 0 Å². The maximum absolute atomic E-state index is 14.1. The van der Waals surface area contributed by atoms with E-state index in [-0.39, 0.29) is 69.1 Å². The van der Waals surface area contributed by atoms with E-state index in [0.29, 0.717) is 18.4 Å². The van der Waals surface area contributed by atoms with Gasteiger partial charge >= 0.3 is 5.97 Å². The molecule has 0 aromatic heterocycles. The number of unbranched alkanes of at least 4 members (excludes halogenated alkanes) is 12. The van der Waals surface area contributed by atoms with Crippen LogP contribution in [0.4, 0.5) is 0 Å². The molecule has 1 aromatic carbocycles. The highest BCUT2D eigenvalue weighted by Crippen LogP contribution is 2.25. The number of carboxylic acid groups (broad SMARTS) is 1. The van der Waals surface area contributed by atoms with Crippen molar-refractivity contribution in [3.8, 4) is 5.75 Å². The molecular weight excluding hydrogens is 1390 g/mol. The van der Waals surface area contributed by atoms with Crippen LogP contribution in [0.25, 0.3) is 0 Å². The lowest BCUT2D eigenvalue weighted by Crippen LogP contribution is -2.52. The second-order valence-corrected chi connectivity index (χ2v) is 28.2. The van der Waals surface area contributed by atoms with Gasteiger partial charge in [0.05, 0.1) is 55.4 Å². The van der Waals surface area contributed by atoms with Crippen LogP contribution in [0.2, 0.25) is 0 Å². The van der Waals surface area contributed by atoms with Crippen LogP contribution in [0.1, 0.15) is 228 Å². The van der Waals surface area contributed by atoms with Crippen molar-refractivity contribution < 1.29 is 103 Å². The number of aliphatic hydroxyl groups is 5. The SMILES string of the molecule is CCCCCCCCCCCCCCCC(=O)N[C@@H](C)C(=O)C[C@@H](CO)C(=O)N[C@H](C(=O)C[C@H](C(=O)NC)[C@@H](C)O)[C@@H](C)O.CC[C@H](C)[C@H](CC(=O)[C@@H](NC(=O)[C@H](CCC(=O)O)CC(=O)[C@@H](C)CO)[C@@H](C)O)C(=O)N[C@@H](CCC(N)=O)C(=O)C[C@@H](Cc1ccc(O)cc1)C(=O)N[C@@H](CCCN=C(N)N)C(N)=O. The van der Waals surface area contributed by atoms with Crippen molar-refractivity contribution in [3.05, 3.63) is 29.8 Å². The van der Waals surface area contributed by atoms with Crippen LogP contribution in [-0.2, 0) is 73.5 Å². The Morgan fingerprint density at radius 2 is 0.953 bits per heavy atom. The molecule has 0 heterocycles. The molecule has 32 heteroatoms. The number of aliphatic imine (C=N–C) groups is 1. The molecule has 0 unspecified atom stereocenters. The predicted octanol–water partition coefficient (Wildman–Crippen LogP) is 1.95. The number of carboxylic acids is 1. The number of hydrogen-bond acceptors (Lipinski definition) is 21. The summed E-state index contributed by atoms with van der Waals surface area (Å²) in [6, 6.07) is -0.650. The number of primary amides is 2. The first-order chi connectivity index (χ1) is 50.4. The van der Waals surface area contributed by atoms with Gasteiger partial charge in [0, 0.05) is 88.6 Å².